The first-order valence-electron chi connectivity index (χ1n) is 4.16. The highest BCUT2D eigenvalue weighted by molar-refractivity contribution is 4.95. The van der Waals surface area contributed by atoms with Crippen LogP contribution in [0.2, 0.25) is 0 Å². The Bertz CT molecular complexity index is 264. The fourth-order valence-electron chi connectivity index (χ4n) is 1.59. The van der Waals surface area contributed by atoms with Gasteiger partial charge in [-0.25, -0.2) is 9.67 Å². The molecule has 0 bridgehead atoms. The zero-order chi connectivity index (χ0) is 7.84. The SMILES string of the molecule is Cc1nc2n(n1)CCC(C)C2. The van der Waals surface area contributed by atoms with Crippen LogP contribution in [0.5, 0.6) is 0 Å². The number of aromatic nitrogens is 3. The van der Waals surface area contributed by atoms with Crippen LogP contribution in [-0.2, 0) is 13.0 Å². The van der Waals surface area contributed by atoms with Gasteiger partial charge in [0.1, 0.15) is 11.6 Å². The van der Waals surface area contributed by atoms with Crippen molar-refractivity contribution in [2.75, 3.05) is 0 Å². The number of fused-ring (bicyclic) bond motifs is 1. The van der Waals surface area contributed by atoms with Crippen molar-refractivity contribution >= 4 is 0 Å². The fourth-order valence-corrected chi connectivity index (χ4v) is 1.59. The number of hydrogen-bond acceptors (Lipinski definition) is 2. The van der Waals surface area contributed by atoms with Crippen LogP contribution in [0, 0.1) is 12.8 Å². The maximum Gasteiger partial charge on any atom is 0.147 e. The molecule has 0 spiro atoms. The minimum atomic E-state index is 0.783. The lowest BCUT2D eigenvalue weighted by molar-refractivity contribution is 0.385. The largest absolute Gasteiger partial charge is 0.250 e. The molecular weight excluding hydrogens is 138 g/mol. The summed E-state index contributed by atoms with van der Waals surface area (Å²) < 4.78 is 2.04. The second-order valence-corrected chi connectivity index (χ2v) is 3.40. The Morgan fingerprint density at radius 1 is 1.55 bits per heavy atom. The minimum absolute atomic E-state index is 0.783. The van der Waals surface area contributed by atoms with Gasteiger partial charge in [-0.15, -0.1) is 0 Å². The summed E-state index contributed by atoms with van der Waals surface area (Å²) in [5.41, 5.74) is 0. The van der Waals surface area contributed by atoms with E-state index in [1.54, 1.807) is 0 Å². The molecule has 2 heterocycles. The summed E-state index contributed by atoms with van der Waals surface area (Å²) in [7, 11) is 0. The Hall–Kier alpha value is -0.860. The van der Waals surface area contributed by atoms with E-state index in [9.17, 15) is 0 Å². The molecule has 0 aromatic carbocycles. The van der Waals surface area contributed by atoms with Crippen molar-refractivity contribution in [3.05, 3.63) is 11.6 Å². The van der Waals surface area contributed by atoms with Crippen LogP contribution in [0.1, 0.15) is 25.0 Å². The summed E-state index contributed by atoms with van der Waals surface area (Å²) in [4.78, 5) is 4.35. The first-order chi connectivity index (χ1) is 5.25. The molecule has 0 fully saturated rings. The normalized spacial score (nSPS) is 23.3. The highest BCUT2D eigenvalue weighted by Gasteiger charge is 2.16. The molecule has 0 saturated carbocycles. The zero-order valence-electron chi connectivity index (χ0n) is 7.04. The first kappa shape index (κ1) is 6.83. The smallest absolute Gasteiger partial charge is 0.147 e. The summed E-state index contributed by atoms with van der Waals surface area (Å²) in [6, 6.07) is 0. The van der Waals surface area contributed by atoms with Gasteiger partial charge in [0.2, 0.25) is 0 Å². The monoisotopic (exact) mass is 151 g/mol. The molecule has 3 nitrogen and oxygen atoms in total. The fraction of sp³-hybridized carbons (Fsp3) is 0.750. The number of hydrogen-bond donors (Lipinski definition) is 0. The average Bonchev–Trinajstić information content (AvgIpc) is 2.27. The van der Waals surface area contributed by atoms with Crippen molar-refractivity contribution in [1.82, 2.24) is 14.8 Å². The van der Waals surface area contributed by atoms with Gasteiger partial charge < -0.3 is 0 Å². The maximum absolute atomic E-state index is 4.35. The van der Waals surface area contributed by atoms with Crippen LogP contribution in [0.4, 0.5) is 0 Å². The van der Waals surface area contributed by atoms with Crippen molar-refractivity contribution in [1.29, 1.82) is 0 Å². The van der Waals surface area contributed by atoms with E-state index in [4.69, 9.17) is 0 Å². The van der Waals surface area contributed by atoms with Crippen LogP contribution in [-0.4, -0.2) is 14.8 Å². The molecule has 1 aliphatic heterocycles. The summed E-state index contributed by atoms with van der Waals surface area (Å²) in [5, 5.41) is 4.29. The third-order valence-corrected chi connectivity index (χ3v) is 2.22. The molecule has 2 rings (SSSR count). The molecular formula is C8H13N3. The number of rotatable bonds is 0. The maximum atomic E-state index is 4.35. The lowest BCUT2D eigenvalue weighted by Gasteiger charge is -2.17. The Balaban J connectivity index is 2.34. The summed E-state index contributed by atoms with van der Waals surface area (Å²) in [6.45, 7) is 5.28. The molecule has 11 heavy (non-hydrogen) atoms. The van der Waals surface area contributed by atoms with E-state index < -0.39 is 0 Å². The highest BCUT2D eigenvalue weighted by atomic mass is 15.3. The zero-order valence-corrected chi connectivity index (χ0v) is 7.04. The predicted octanol–water partition coefficient (Wildman–Crippen LogP) is 1.17. The molecule has 0 saturated heterocycles. The topological polar surface area (TPSA) is 30.7 Å². The Morgan fingerprint density at radius 3 is 3.18 bits per heavy atom. The van der Waals surface area contributed by atoms with Gasteiger partial charge in [-0.05, 0) is 19.3 Å². The van der Waals surface area contributed by atoms with E-state index in [1.165, 1.54) is 12.2 Å². The molecule has 3 heteroatoms. The molecule has 0 N–H and O–H groups in total. The van der Waals surface area contributed by atoms with Gasteiger partial charge in [0.25, 0.3) is 0 Å². The Kier molecular flexibility index (Phi) is 1.44. The second-order valence-electron chi connectivity index (χ2n) is 3.40. The van der Waals surface area contributed by atoms with Crippen molar-refractivity contribution in [2.24, 2.45) is 5.92 Å². The van der Waals surface area contributed by atoms with E-state index in [1.807, 2.05) is 11.6 Å². The van der Waals surface area contributed by atoms with Crippen LogP contribution >= 0.6 is 0 Å². The van der Waals surface area contributed by atoms with Gasteiger partial charge in [0.15, 0.2) is 0 Å². The van der Waals surface area contributed by atoms with Crippen LogP contribution in [0.15, 0.2) is 0 Å². The van der Waals surface area contributed by atoms with Gasteiger partial charge in [0.05, 0.1) is 0 Å². The van der Waals surface area contributed by atoms with Crippen molar-refractivity contribution in [3.8, 4) is 0 Å². The van der Waals surface area contributed by atoms with Crippen LogP contribution in [0.25, 0.3) is 0 Å². The van der Waals surface area contributed by atoms with E-state index in [-0.39, 0.29) is 0 Å². The first-order valence-corrected chi connectivity index (χ1v) is 4.16. The molecule has 0 aliphatic carbocycles. The second kappa shape index (κ2) is 2.32. The van der Waals surface area contributed by atoms with Crippen LogP contribution < -0.4 is 0 Å². The third-order valence-electron chi connectivity index (χ3n) is 2.22. The average molecular weight is 151 g/mol. The van der Waals surface area contributed by atoms with Crippen molar-refractivity contribution < 1.29 is 0 Å². The van der Waals surface area contributed by atoms with Crippen molar-refractivity contribution in [2.45, 2.75) is 33.2 Å². The number of nitrogens with zero attached hydrogens (tertiary/aromatic N) is 3. The molecule has 1 aromatic rings. The Morgan fingerprint density at radius 2 is 2.36 bits per heavy atom. The summed E-state index contributed by atoms with van der Waals surface area (Å²) in [5.74, 6) is 2.86. The predicted molar refractivity (Wildman–Crippen MR) is 42.2 cm³/mol. The molecule has 60 valence electrons. The minimum Gasteiger partial charge on any atom is -0.250 e. The van der Waals surface area contributed by atoms with Gasteiger partial charge in [-0.2, -0.15) is 5.10 Å². The summed E-state index contributed by atoms with van der Waals surface area (Å²) >= 11 is 0. The third kappa shape index (κ3) is 1.15. The van der Waals surface area contributed by atoms with Gasteiger partial charge >= 0.3 is 0 Å². The number of aryl methyl sites for hydroxylation is 2. The van der Waals surface area contributed by atoms with Crippen LogP contribution in [0.3, 0.4) is 0 Å². The van der Waals surface area contributed by atoms with E-state index in [0.29, 0.717) is 0 Å². The molecule has 1 aromatic heterocycles. The van der Waals surface area contributed by atoms with Gasteiger partial charge in [-0.1, -0.05) is 6.92 Å². The standard InChI is InChI=1S/C8H13N3/c1-6-3-4-11-8(5-6)9-7(2)10-11/h6H,3-5H2,1-2H3. The van der Waals surface area contributed by atoms with Gasteiger partial charge in [0, 0.05) is 13.0 Å². The van der Waals surface area contributed by atoms with E-state index >= 15 is 0 Å². The Labute approximate surface area is 66.4 Å². The molecule has 1 atom stereocenters. The summed E-state index contributed by atoms with van der Waals surface area (Å²) in [6.07, 6.45) is 2.34. The highest BCUT2D eigenvalue weighted by Crippen LogP contribution is 2.17. The quantitative estimate of drug-likeness (QED) is 0.557. The van der Waals surface area contributed by atoms with Gasteiger partial charge in [-0.3, -0.25) is 0 Å². The molecule has 0 amide bonds. The molecule has 1 aliphatic rings. The molecule has 0 radical (unpaired) electrons. The van der Waals surface area contributed by atoms with E-state index in [0.717, 1.165) is 24.7 Å². The lowest BCUT2D eigenvalue weighted by atomic mass is 10.0. The van der Waals surface area contributed by atoms with Crippen molar-refractivity contribution in [3.63, 3.8) is 0 Å². The van der Waals surface area contributed by atoms with E-state index in [2.05, 4.69) is 17.0 Å². The lowest BCUT2D eigenvalue weighted by Crippen LogP contribution is -2.18. The molecule has 1 unspecified atom stereocenters.